The maximum atomic E-state index is 11.2. The van der Waals surface area contributed by atoms with Crippen molar-refractivity contribution >= 4 is 5.91 Å². The van der Waals surface area contributed by atoms with Crippen LogP contribution in [0.25, 0.3) is 11.3 Å². The fourth-order valence-electron chi connectivity index (χ4n) is 1.92. The normalized spacial score (nSPS) is 15.7. The van der Waals surface area contributed by atoms with E-state index in [1.165, 1.54) is 0 Å². The molecular weight excluding hydrogens is 190 g/mol. The summed E-state index contributed by atoms with van der Waals surface area (Å²) in [5.74, 6) is 1.06. The minimum atomic E-state index is -0.472. The molecule has 3 heteroatoms. The van der Waals surface area contributed by atoms with Crippen LogP contribution in [-0.4, -0.2) is 5.91 Å². The lowest BCUT2D eigenvalue weighted by Gasteiger charge is -2.07. The summed E-state index contributed by atoms with van der Waals surface area (Å²) in [6.07, 6.45) is 2.25. The second-order valence-electron chi connectivity index (χ2n) is 4.01. The third kappa shape index (κ3) is 1.31. The Bertz CT molecular complexity index is 497. The Hall–Kier alpha value is -1.77. The van der Waals surface area contributed by atoms with Crippen LogP contribution < -0.4 is 5.73 Å². The van der Waals surface area contributed by atoms with E-state index in [-0.39, 0.29) is 0 Å². The van der Waals surface area contributed by atoms with E-state index in [9.17, 15) is 4.79 Å². The van der Waals surface area contributed by atoms with E-state index in [0.717, 1.165) is 29.7 Å². The largest absolute Gasteiger partial charge is 0.451 e. The Morgan fingerprint density at radius 3 is 2.87 bits per heavy atom. The van der Waals surface area contributed by atoms with Crippen molar-refractivity contribution in [1.82, 2.24) is 0 Å². The first kappa shape index (κ1) is 8.53. The molecule has 1 saturated carbocycles. The molecule has 0 atom stereocenters. The van der Waals surface area contributed by atoms with Crippen molar-refractivity contribution in [1.29, 1.82) is 0 Å². The maximum absolute atomic E-state index is 11.2. The summed E-state index contributed by atoms with van der Waals surface area (Å²) in [6.45, 7) is 0. The van der Waals surface area contributed by atoms with Crippen LogP contribution in [0.5, 0.6) is 0 Å². The molecule has 2 N–H and O–H groups in total. The third-order valence-electron chi connectivity index (χ3n) is 2.83. The average molecular weight is 201 g/mol. The summed E-state index contributed by atoms with van der Waals surface area (Å²) in [4.78, 5) is 11.2. The number of amides is 1. The fraction of sp³-hybridized carbons (Fsp3) is 0.250. The van der Waals surface area contributed by atoms with E-state index in [1.54, 1.807) is 0 Å². The van der Waals surface area contributed by atoms with Gasteiger partial charge in [0.1, 0.15) is 5.76 Å². The molecule has 0 aromatic carbocycles. The number of fused-ring (bicyclic) bond motifs is 1. The summed E-state index contributed by atoms with van der Waals surface area (Å²) in [5, 5.41) is 0. The first-order valence-electron chi connectivity index (χ1n) is 5.08. The Morgan fingerprint density at radius 1 is 1.40 bits per heavy atom. The molecule has 0 unspecified atom stereocenters. The minimum Gasteiger partial charge on any atom is -0.451 e. The molecule has 1 heterocycles. The van der Waals surface area contributed by atoms with Crippen molar-refractivity contribution in [3.63, 3.8) is 0 Å². The van der Waals surface area contributed by atoms with Crippen molar-refractivity contribution in [3.8, 4) is 11.3 Å². The first-order valence-corrected chi connectivity index (χ1v) is 5.08. The summed E-state index contributed by atoms with van der Waals surface area (Å²) in [5.41, 5.74) is 7.32. The molecule has 3 nitrogen and oxygen atoms in total. The van der Waals surface area contributed by atoms with Crippen molar-refractivity contribution in [2.45, 2.75) is 18.8 Å². The summed E-state index contributed by atoms with van der Waals surface area (Å²) in [7, 11) is 0. The zero-order chi connectivity index (χ0) is 10.4. The van der Waals surface area contributed by atoms with Crippen molar-refractivity contribution in [2.75, 3.05) is 0 Å². The highest BCUT2D eigenvalue weighted by Crippen LogP contribution is 2.43. The topological polar surface area (TPSA) is 56.2 Å². The lowest BCUT2D eigenvalue weighted by atomic mass is 10.1. The van der Waals surface area contributed by atoms with Crippen LogP contribution in [0.2, 0.25) is 0 Å². The monoisotopic (exact) mass is 201 g/mol. The van der Waals surface area contributed by atoms with Crippen LogP contribution in [0.15, 0.2) is 28.7 Å². The number of hydrogen-bond acceptors (Lipinski definition) is 2. The van der Waals surface area contributed by atoms with Gasteiger partial charge in [-0.05, 0) is 30.9 Å². The quantitative estimate of drug-likeness (QED) is 0.810. The number of carbonyl (C=O) groups is 1. The van der Waals surface area contributed by atoms with Gasteiger partial charge in [0, 0.05) is 11.1 Å². The molecule has 1 amide bonds. The standard InChI is InChI=1S/C12H11NO2/c13-12(14)11-9(7-4-5-7)6-8-2-1-3-10(8)15-11/h1-3,6-7H,4-5H2,(H2,13,14). The predicted octanol–water partition coefficient (Wildman–Crippen LogP) is 2.36. The molecule has 0 saturated heterocycles. The highest BCUT2D eigenvalue weighted by atomic mass is 16.3. The molecule has 15 heavy (non-hydrogen) atoms. The molecular formula is C12H11NO2. The lowest BCUT2D eigenvalue weighted by Crippen LogP contribution is -2.13. The van der Waals surface area contributed by atoms with E-state index in [0.29, 0.717) is 11.7 Å². The summed E-state index contributed by atoms with van der Waals surface area (Å²) >= 11 is 0. The highest BCUT2D eigenvalue weighted by Gasteiger charge is 2.30. The molecule has 0 bridgehead atoms. The van der Waals surface area contributed by atoms with E-state index < -0.39 is 5.91 Å². The fourth-order valence-corrected chi connectivity index (χ4v) is 1.92. The molecule has 2 aliphatic carbocycles. The van der Waals surface area contributed by atoms with Crippen molar-refractivity contribution in [3.05, 3.63) is 35.6 Å². The second kappa shape index (κ2) is 2.86. The number of rotatable bonds is 2. The van der Waals surface area contributed by atoms with E-state index >= 15 is 0 Å². The highest BCUT2D eigenvalue weighted by molar-refractivity contribution is 5.92. The van der Waals surface area contributed by atoms with Gasteiger partial charge >= 0.3 is 0 Å². The molecule has 1 fully saturated rings. The van der Waals surface area contributed by atoms with Gasteiger partial charge in [0.15, 0.2) is 5.76 Å². The molecule has 3 rings (SSSR count). The number of primary amides is 1. The van der Waals surface area contributed by atoms with Gasteiger partial charge in [-0.15, -0.1) is 0 Å². The van der Waals surface area contributed by atoms with Gasteiger partial charge in [0.05, 0.1) is 0 Å². The van der Waals surface area contributed by atoms with Gasteiger partial charge in [-0.3, -0.25) is 4.79 Å². The second-order valence-corrected chi connectivity index (χ2v) is 4.01. The van der Waals surface area contributed by atoms with Gasteiger partial charge in [0.25, 0.3) is 5.91 Å². The minimum absolute atomic E-state index is 0.330. The average Bonchev–Trinajstić information content (AvgIpc) is 2.95. The van der Waals surface area contributed by atoms with Crippen molar-refractivity contribution in [2.24, 2.45) is 5.73 Å². The van der Waals surface area contributed by atoms with Gasteiger partial charge in [-0.25, -0.2) is 0 Å². The van der Waals surface area contributed by atoms with E-state index in [4.69, 9.17) is 10.2 Å². The maximum Gasteiger partial charge on any atom is 0.284 e. The Labute approximate surface area is 87.2 Å². The Kier molecular flexibility index (Phi) is 1.63. The molecule has 76 valence electrons. The van der Waals surface area contributed by atoms with E-state index in [1.807, 2.05) is 24.3 Å². The smallest absolute Gasteiger partial charge is 0.284 e. The lowest BCUT2D eigenvalue weighted by molar-refractivity contribution is 0.0971. The van der Waals surface area contributed by atoms with Gasteiger partial charge in [-0.2, -0.15) is 0 Å². The van der Waals surface area contributed by atoms with Crippen LogP contribution in [0.4, 0.5) is 0 Å². The number of hydrogen-bond donors (Lipinski definition) is 1. The van der Waals surface area contributed by atoms with Crippen LogP contribution in [0.3, 0.4) is 0 Å². The van der Waals surface area contributed by atoms with Crippen molar-refractivity contribution < 1.29 is 9.21 Å². The Balaban J connectivity index is 2.24. The van der Waals surface area contributed by atoms with Gasteiger partial charge < -0.3 is 10.2 Å². The summed E-state index contributed by atoms with van der Waals surface area (Å²) < 4.78 is 5.52. The molecule has 0 aromatic rings. The SMILES string of the molecule is NC(=O)c1oc2cccc-2cc1C1CC1. The van der Waals surface area contributed by atoms with Crippen LogP contribution >= 0.6 is 0 Å². The Morgan fingerprint density at radius 2 is 2.20 bits per heavy atom. The van der Waals surface area contributed by atoms with E-state index in [2.05, 4.69) is 0 Å². The zero-order valence-electron chi connectivity index (χ0n) is 8.19. The molecule has 3 aliphatic rings. The van der Waals surface area contributed by atoms with Gasteiger partial charge in [0.2, 0.25) is 0 Å². The predicted molar refractivity (Wildman–Crippen MR) is 55.8 cm³/mol. The molecule has 0 spiro atoms. The molecule has 0 aromatic heterocycles. The first-order chi connectivity index (χ1) is 7.25. The van der Waals surface area contributed by atoms with Crippen LogP contribution in [0, 0.1) is 0 Å². The molecule has 0 radical (unpaired) electrons. The van der Waals surface area contributed by atoms with Gasteiger partial charge in [-0.1, -0.05) is 12.1 Å². The summed E-state index contributed by atoms with van der Waals surface area (Å²) in [6, 6.07) is 7.76. The third-order valence-corrected chi connectivity index (χ3v) is 2.83. The molecule has 1 aliphatic heterocycles. The van der Waals surface area contributed by atoms with Crippen LogP contribution in [0.1, 0.15) is 34.9 Å². The van der Waals surface area contributed by atoms with Crippen LogP contribution in [-0.2, 0) is 0 Å². The number of carbonyl (C=O) groups excluding carboxylic acids is 1. The number of nitrogens with two attached hydrogens (primary N) is 1. The zero-order valence-corrected chi connectivity index (χ0v) is 8.19.